The summed E-state index contributed by atoms with van der Waals surface area (Å²) < 4.78 is 0. The largest absolute Gasteiger partial charge is 0.396 e. The molecule has 0 saturated carbocycles. The Morgan fingerprint density at radius 1 is 0.636 bits per heavy atom. The van der Waals surface area contributed by atoms with Gasteiger partial charge in [-0.3, -0.25) is 9.78 Å². The van der Waals surface area contributed by atoms with Crippen molar-refractivity contribution in [3.8, 4) is 11.5 Å². The molecule has 0 aromatic heterocycles. The van der Waals surface area contributed by atoms with E-state index in [1.807, 2.05) is 36.4 Å². The molecule has 4 nitrogen and oxygen atoms in total. The zero-order valence-corrected chi connectivity index (χ0v) is 12.7. The first-order valence-corrected chi connectivity index (χ1v) is 7.84. The second-order valence-electron chi connectivity index (χ2n) is 5.83. The lowest BCUT2D eigenvalue weighted by atomic mass is 10.0. The van der Waals surface area contributed by atoms with E-state index in [0.717, 1.165) is 12.8 Å². The standard InChI is InChI=1S/C18H22N2O2/c19-15-9-7-13-5-3-1-2-4-6-14-8-10-16(20)18(12-14)22-21-17(15)11-13/h7-12H,1-6,19-20H2. The first kappa shape index (κ1) is 14.6. The van der Waals surface area contributed by atoms with Gasteiger partial charge in [-0.25, -0.2) is 0 Å². The number of hydrogen-bond acceptors (Lipinski definition) is 4. The average Bonchev–Trinajstić information content (AvgIpc) is 2.52. The Morgan fingerprint density at radius 3 is 1.55 bits per heavy atom. The normalized spacial score (nSPS) is 15.3. The Balaban J connectivity index is 1.88. The molecular formula is C18H22N2O2. The minimum Gasteiger partial charge on any atom is -0.396 e. The molecule has 3 rings (SSSR count). The van der Waals surface area contributed by atoms with Gasteiger partial charge in [0.25, 0.3) is 0 Å². The first-order valence-electron chi connectivity index (χ1n) is 7.84. The summed E-state index contributed by atoms with van der Waals surface area (Å²) in [6.45, 7) is 0. The molecule has 0 spiro atoms. The van der Waals surface area contributed by atoms with Crippen molar-refractivity contribution in [2.45, 2.75) is 38.5 Å². The topological polar surface area (TPSA) is 70.5 Å². The van der Waals surface area contributed by atoms with Crippen LogP contribution in [0.4, 0.5) is 11.4 Å². The molecule has 0 atom stereocenters. The van der Waals surface area contributed by atoms with Crippen LogP contribution in [0.5, 0.6) is 11.5 Å². The van der Waals surface area contributed by atoms with Crippen molar-refractivity contribution in [2.75, 3.05) is 11.5 Å². The summed E-state index contributed by atoms with van der Waals surface area (Å²) in [7, 11) is 0. The molecule has 0 aliphatic carbocycles. The van der Waals surface area contributed by atoms with Gasteiger partial charge in [0.05, 0.1) is 11.4 Å². The molecule has 2 aromatic rings. The van der Waals surface area contributed by atoms with E-state index in [9.17, 15) is 0 Å². The van der Waals surface area contributed by atoms with E-state index >= 15 is 0 Å². The number of nitrogens with two attached hydrogens (primary N) is 2. The molecular weight excluding hydrogens is 276 g/mol. The van der Waals surface area contributed by atoms with Gasteiger partial charge >= 0.3 is 0 Å². The molecule has 22 heavy (non-hydrogen) atoms. The smallest absolute Gasteiger partial charge is 0.201 e. The first-order chi connectivity index (χ1) is 10.7. The van der Waals surface area contributed by atoms with E-state index in [-0.39, 0.29) is 0 Å². The third-order valence-corrected chi connectivity index (χ3v) is 4.06. The molecule has 0 fully saturated rings. The monoisotopic (exact) mass is 298 g/mol. The number of rotatable bonds is 0. The van der Waals surface area contributed by atoms with Gasteiger partial charge < -0.3 is 11.5 Å². The van der Waals surface area contributed by atoms with Crippen LogP contribution in [0.25, 0.3) is 0 Å². The van der Waals surface area contributed by atoms with E-state index in [4.69, 9.17) is 21.2 Å². The van der Waals surface area contributed by atoms with Crippen LogP contribution in [0, 0.1) is 0 Å². The summed E-state index contributed by atoms with van der Waals surface area (Å²) in [6, 6.07) is 11.7. The van der Waals surface area contributed by atoms with Gasteiger partial charge in [0.2, 0.25) is 11.5 Å². The molecule has 1 aliphatic rings. The third-order valence-electron chi connectivity index (χ3n) is 4.06. The lowest BCUT2D eigenvalue weighted by molar-refractivity contribution is -0.0985. The molecule has 4 bridgehead atoms. The predicted molar refractivity (Wildman–Crippen MR) is 88.8 cm³/mol. The van der Waals surface area contributed by atoms with E-state index in [1.165, 1.54) is 36.8 Å². The predicted octanol–water partition coefficient (Wildman–Crippen LogP) is 3.88. The number of hydrogen-bond donors (Lipinski definition) is 2. The Morgan fingerprint density at radius 2 is 1.09 bits per heavy atom. The van der Waals surface area contributed by atoms with Crippen LogP contribution in [0.3, 0.4) is 0 Å². The van der Waals surface area contributed by atoms with Gasteiger partial charge in [-0.1, -0.05) is 25.0 Å². The zero-order chi connectivity index (χ0) is 15.4. The number of nitrogen functional groups attached to an aromatic ring is 2. The summed E-state index contributed by atoms with van der Waals surface area (Å²) in [5, 5.41) is 0. The summed E-state index contributed by atoms with van der Waals surface area (Å²) in [6.07, 6.45) is 6.89. The van der Waals surface area contributed by atoms with Crippen LogP contribution < -0.4 is 21.2 Å². The SMILES string of the molecule is Nc1ccc2cc1OOc1cc(ccc1N)CCCCCC2. The van der Waals surface area contributed by atoms with Crippen LogP contribution in [-0.4, -0.2) is 0 Å². The van der Waals surface area contributed by atoms with Crippen molar-refractivity contribution in [2.24, 2.45) is 0 Å². The van der Waals surface area contributed by atoms with Crippen molar-refractivity contribution in [3.05, 3.63) is 47.5 Å². The van der Waals surface area contributed by atoms with Gasteiger partial charge in [0.15, 0.2) is 0 Å². The Hall–Kier alpha value is -2.36. The van der Waals surface area contributed by atoms with Gasteiger partial charge in [0, 0.05) is 0 Å². The maximum absolute atomic E-state index is 5.95. The molecule has 116 valence electrons. The number of aryl methyl sites for hydroxylation is 2. The second kappa shape index (κ2) is 6.60. The minimum absolute atomic E-state index is 0.541. The second-order valence-corrected chi connectivity index (χ2v) is 5.83. The molecule has 4 heteroatoms. The van der Waals surface area contributed by atoms with Crippen molar-refractivity contribution < 1.29 is 9.78 Å². The average molecular weight is 298 g/mol. The van der Waals surface area contributed by atoms with Gasteiger partial charge in [-0.15, -0.1) is 0 Å². The van der Waals surface area contributed by atoms with E-state index < -0.39 is 0 Å². The van der Waals surface area contributed by atoms with Crippen molar-refractivity contribution in [1.29, 1.82) is 0 Å². The molecule has 0 radical (unpaired) electrons. The van der Waals surface area contributed by atoms with Crippen LogP contribution in [-0.2, 0) is 12.8 Å². The number of fused-ring (bicyclic) bond motifs is 4. The van der Waals surface area contributed by atoms with Crippen LogP contribution in [0.2, 0.25) is 0 Å². The van der Waals surface area contributed by atoms with Crippen LogP contribution in [0.1, 0.15) is 36.8 Å². The fourth-order valence-corrected chi connectivity index (χ4v) is 2.71. The zero-order valence-electron chi connectivity index (χ0n) is 12.7. The quantitative estimate of drug-likeness (QED) is 0.572. The Labute approximate surface area is 131 Å². The molecule has 0 saturated heterocycles. The maximum Gasteiger partial charge on any atom is 0.201 e. The summed E-state index contributed by atoms with van der Waals surface area (Å²) >= 11 is 0. The highest BCUT2D eigenvalue weighted by Gasteiger charge is 2.09. The lowest BCUT2D eigenvalue weighted by Crippen LogP contribution is -2.06. The van der Waals surface area contributed by atoms with E-state index in [1.54, 1.807) is 0 Å². The van der Waals surface area contributed by atoms with E-state index in [0.29, 0.717) is 22.9 Å². The Kier molecular flexibility index (Phi) is 4.37. The molecule has 1 heterocycles. The van der Waals surface area contributed by atoms with Crippen molar-refractivity contribution >= 4 is 11.4 Å². The maximum atomic E-state index is 5.95. The number of anilines is 2. The van der Waals surface area contributed by atoms with Gasteiger partial charge in [0.1, 0.15) is 0 Å². The molecule has 0 amide bonds. The highest BCUT2D eigenvalue weighted by molar-refractivity contribution is 5.55. The lowest BCUT2D eigenvalue weighted by Gasteiger charge is -2.13. The van der Waals surface area contributed by atoms with E-state index in [2.05, 4.69) is 0 Å². The highest BCUT2D eigenvalue weighted by Crippen LogP contribution is 2.28. The van der Waals surface area contributed by atoms with Gasteiger partial charge in [-0.2, -0.15) is 0 Å². The fourth-order valence-electron chi connectivity index (χ4n) is 2.71. The minimum atomic E-state index is 0.541. The molecule has 1 aliphatic heterocycles. The molecule has 4 N–H and O–H groups in total. The fraction of sp³-hybridized carbons (Fsp3) is 0.333. The van der Waals surface area contributed by atoms with Crippen molar-refractivity contribution in [1.82, 2.24) is 0 Å². The molecule has 2 aromatic carbocycles. The summed E-state index contributed by atoms with van der Waals surface area (Å²) in [4.78, 5) is 10.9. The molecule has 0 unspecified atom stereocenters. The summed E-state index contributed by atoms with van der Waals surface area (Å²) in [5.74, 6) is 1.08. The van der Waals surface area contributed by atoms with Crippen LogP contribution >= 0.6 is 0 Å². The number of benzene rings is 2. The van der Waals surface area contributed by atoms with Gasteiger partial charge in [-0.05, 0) is 61.1 Å². The Bertz CT molecular complexity index is 598. The third kappa shape index (κ3) is 3.45. The highest BCUT2D eigenvalue weighted by atomic mass is 17.2. The van der Waals surface area contributed by atoms with Crippen LogP contribution in [0.15, 0.2) is 36.4 Å². The van der Waals surface area contributed by atoms with Crippen molar-refractivity contribution in [3.63, 3.8) is 0 Å². The summed E-state index contributed by atoms with van der Waals surface area (Å²) in [5.41, 5.74) is 15.5.